The summed E-state index contributed by atoms with van der Waals surface area (Å²) in [5.74, 6) is 0.193. The van der Waals surface area contributed by atoms with Gasteiger partial charge in [0, 0.05) is 24.7 Å². The van der Waals surface area contributed by atoms with E-state index in [2.05, 4.69) is 35.8 Å². The maximum absolute atomic E-state index is 15.4. The predicted octanol–water partition coefficient (Wildman–Crippen LogP) is 4.24. The molecule has 1 atom stereocenters. The molecule has 0 aliphatic carbocycles. The van der Waals surface area contributed by atoms with Gasteiger partial charge in [0.1, 0.15) is 17.9 Å². The molecule has 10 nitrogen and oxygen atoms in total. The topological polar surface area (TPSA) is 124 Å². The van der Waals surface area contributed by atoms with Crippen LogP contribution in [0.5, 0.6) is 0 Å². The van der Waals surface area contributed by atoms with E-state index in [4.69, 9.17) is 4.52 Å². The number of carbonyl (C=O) groups is 1. The molecular weight excluding hydrogens is 451 g/mol. The molecule has 0 spiro atoms. The lowest BCUT2D eigenvalue weighted by atomic mass is 9.93. The monoisotopic (exact) mass is 478 g/mol. The molecule has 0 radical (unpaired) electrons. The van der Waals surface area contributed by atoms with Crippen molar-refractivity contribution in [1.29, 1.82) is 0 Å². The maximum Gasteiger partial charge on any atom is 0.273 e. The number of hydrogen-bond acceptors (Lipinski definition) is 8. The van der Waals surface area contributed by atoms with Gasteiger partial charge in [-0.05, 0) is 31.0 Å². The Morgan fingerprint density at radius 2 is 2.00 bits per heavy atom. The zero-order chi connectivity index (χ0) is 25.3. The summed E-state index contributed by atoms with van der Waals surface area (Å²) < 4.78 is 22.3. The van der Waals surface area contributed by atoms with Gasteiger partial charge in [-0.15, -0.1) is 0 Å². The summed E-state index contributed by atoms with van der Waals surface area (Å²) >= 11 is 0. The number of rotatable bonds is 6. The SMILES string of the molecule is Cc1c([C@@H](C)NC(=O)c2cc(C(C)(C)C)on2)ccc(-c2ncnc(Nc3cnn(C)c3)n2)c1F. The lowest BCUT2D eigenvalue weighted by Gasteiger charge is -2.17. The van der Waals surface area contributed by atoms with Crippen molar-refractivity contribution >= 4 is 17.5 Å². The molecule has 4 aromatic rings. The number of amides is 1. The first-order chi connectivity index (χ1) is 16.5. The molecule has 4 rings (SSSR count). The first kappa shape index (κ1) is 24.0. The smallest absolute Gasteiger partial charge is 0.273 e. The van der Waals surface area contributed by atoms with Gasteiger partial charge in [0.05, 0.1) is 23.5 Å². The van der Waals surface area contributed by atoms with E-state index in [1.54, 1.807) is 56.2 Å². The van der Waals surface area contributed by atoms with Crippen molar-refractivity contribution in [3.8, 4) is 11.4 Å². The van der Waals surface area contributed by atoms with Crippen LogP contribution in [-0.4, -0.2) is 35.8 Å². The molecule has 3 heterocycles. The minimum atomic E-state index is -0.474. The number of nitrogens with zero attached hydrogens (tertiary/aromatic N) is 6. The highest BCUT2D eigenvalue weighted by atomic mass is 19.1. The molecule has 0 aliphatic rings. The van der Waals surface area contributed by atoms with E-state index in [1.807, 2.05) is 20.8 Å². The average Bonchev–Trinajstić information content (AvgIpc) is 3.45. The van der Waals surface area contributed by atoms with Crippen LogP contribution in [0.3, 0.4) is 0 Å². The van der Waals surface area contributed by atoms with Crippen LogP contribution in [0.4, 0.5) is 16.0 Å². The molecule has 1 aromatic carbocycles. The third kappa shape index (κ3) is 5.18. The van der Waals surface area contributed by atoms with E-state index in [0.717, 1.165) is 0 Å². The van der Waals surface area contributed by atoms with Crippen molar-refractivity contribution in [2.45, 2.75) is 46.1 Å². The second-order valence-electron chi connectivity index (χ2n) is 9.32. The molecule has 11 heteroatoms. The molecular formula is C24H27FN8O2. The summed E-state index contributed by atoms with van der Waals surface area (Å²) in [5.41, 5.74) is 1.84. The van der Waals surface area contributed by atoms with E-state index in [9.17, 15) is 4.79 Å². The fourth-order valence-corrected chi connectivity index (χ4v) is 3.53. The van der Waals surface area contributed by atoms with Gasteiger partial charge >= 0.3 is 0 Å². The van der Waals surface area contributed by atoms with Gasteiger partial charge in [0.2, 0.25) is 5.95 Å². The van der Waals surface area contributed by atoms with E-state index < -0.39 is 17.8 Å². The first-order valence-corrected chi connectivity index (χ1v) is 11.0. The molecule has 0 bridgehead atoms. The van der Waals surface area contributed by atoms with Gasteiger partial charge < -0.3 is 15.2 Å². The number of carbonyl (C=O) groups excluding carboxylic acids is 1. The third-order valence-corrected chi connectivity index (χ3v) is 5.50. The van der Waals surface area contributed by atoms with Crippen LogP contribution in [0, 0.1) is 12.7 Å². The Balaban J connectivity index is 1.53. The summed E-state index contributed by atoms with van der Waals surface area (Å²) in [6.07, 6.45) is 4.71. The van der Waals surface area contributed by atoms with Gasteiger partial charge in [0.25, 0.3) is 5.91 Å². The van der Waals surface area contributed by atoms with E-state index in [-0.39, 0.29) is 28.4 Å². The zero-order valence-corrected chi connectivity index (χ0v) is 20.4. The predicted molar refractivity (Wildman–Crippen MR) is 128 cm³/mol. The Labute approximate surface area is 202 Å². The second-order valence-corrected chi connectivity index (χ2v) is 9.32. The Kier molecular flexibility index (Phi) is 6.33. The van der Waals surface area contributed by atoms with Crippen LogP contribution < -0.4 is 10.6 Å². The number of halogens is 1. The highest BCUT2D eigenvalue weighted by Gasteiger charge is 2.24. The van der Waals surface area contributed by atoms with Gasteiger partial charge in [-0.2, -0.15) is 10.1 Å². The third-order valence-electron chi connectivity index (χ3n) is 5.50. The van der Waals surface area contributed by atoms with Gasteiger partial charge in [-0.3, -0.25) is 9.48 Å². The van der Waals surface area contributed by atoms with Gasteiger partial charge in [-0.25, -0.2) is 14.4 Å². The van der Waals surface area contributed by atoms with Crippen LogP contribution in [0.15, 0.2) is 41.4 Å². The molecule has 0 saturated heterocycles. The lowest BCUT2D eigenvalue weighted by Crippen LogP contribution is -2.27. The fourth-order valence-electron chi connectivity index (χ4n) is 3.53. The van der Waals surface area contributed by atoms with E-state index in [0.29, 0.717) is 22.6 Å². The average molecular weight is 479 g/mol. The standard InChI is InChI=1S/C24H27FN8O2/c1-13-16(14(2)29-22(34)18-9-19(35-32-18)24(3,4)5)7-8-17(20(13)25)21-26-12-27-23(31-21)30-15-10-28-33(6)11-15/h7-12,14H,1-6H3,(H,29,34)(H,26,27,30,31)/t14-/m1/s1. The largest absolute Gasteiger partial charge is 0.360 e. The van der Waals surface area contributed by atoms with Crippen LogP contribution >= 0.6 is 0 Å². The van der Waals surface area contributed by atoms with Crippen molar-refractivity contribution in [2.24, 2.45) is 7.05 Å². The summed E-state index contributed by atoms with van der Waals surface area (Å²) in [7, 11) is 1.79. The summed E-state index contributed by atoms with van der Waals surface area (Å²) in [6, 6.07) is 4.50. The highest BCUT2D eigenvalue weighted by Crippen LogP contribution is 2.29. The summed E-state index contributed by atoms with van der Waals surface area (Å²) in [4.78, 5) is 25.2. The molecule has 2 N–H and O–H groups in total. The normalized spacial score (nSPS) is 12.4. The number of hydrogen-bond donors (Lipinski definition) is 2. The van der Waals surface area contributed by atoms with Crippen molar-refractivity contribution < 1.29 is 13.7 Å². The van der Waals surface area contributed by atoms with E-state index >= 15 is 4.39 Å². The number of nitrogens with one attached hydrogen (secondary N) is 2. The summed E-state index contributed by atoms with van der Waals surface area (Å²) in [6.45, 7) is 9.34. The first-order valence-electron chi connectivity index (χ1n) is 11.0. The second kappa shape index (κ2) is 9.24. The summed E-state index contributed by atoms with van der Waals surface area (Å²) in [5, 5.41) is 13.8. The van der Waals surface area contributed by atoms with Crippen LogP contribution in [0.2, 0.25) is 0 Å². The van der Waals surface area contributed by atoms with Crippen LogP contribution in [-0.2, 0) is 12.5 Å². The van der Waals surface area contributed by atoms with Crippen LogP contribution in [0.1, 0.15) is 61.1 Å². The number of aryl methyl sites for hydroxylation is 1. The Morgan fingerprint density at radius 3 is 2.66 bits per heavy atom. The van der Waals surface area contributed by atoms with Crippen molar-refractivity contribution in [1.82, 2.24) is 35.2 Å². The zero-order valence-electron chi connectivity index (χ0n) is 20.4. The molecule has 0 unspecified atom stereocenters. The van der Waals surface area contributed by atoms with Crippen molar-refractivity contribution in [3.05, 3.63) is 65.3 Å². The van der Waals surface area contributed by atoms with E-state index in [1.165, 1.54) is 6.33 Å². The molecule has 35 heavy (non-hydrogen) atoms. The molecule has 0 aliphatic heterocycles. The number of benzene rings is 1. The molecule has 182 valence electrons. The molecule has 3 aromatic heterocycles. The highest BCUT2D eigenvalue weighted by molar-refractivity contribution is 5.92. The Morgan fingerprint density at radius 1 is 1.23 bits per heavy atom. The quantitative estimate of drug-likeness (QED) is 0.422. The van der Waals surface area contributed by atoms with Crippen LogP contribution in [0.25, 0.3) is 11.4 Å². The number of aromatic nitrogens is 6. The number of anilines is 2. The van der Waals surface area contributed by atoms with Crippen molar-refractivity contribution in [2.75, 3.05) is 5.32 Å². The lowest BCUT2D eigenvalue weighted by molar-refractivity contribution is 0.0930. The fraction of sp³-hybridized carbons (Fsp3) is 0.333. The molecule has 0 saturated carbocycles. The molecule has 1 amide bonds. The van der Waals surface area contributed by atoms with Crippen molar-refractivity contribution in [3.63, 3.8) is 0 Å². The molecule has 0 fully saturated rings. The minimum absolute atomic E-state index is 0.176. The maximum atomic E-state index is 15.4. The Hall–Kier alpha value is -4.15. The Bertz CT molecular complexity index is 1370. The minimum Gasteiger partial charge on any atom is -0.360 e. The van der Waals surface area contributed by atoms with Gasteiger partial charge in [0.15, 0.2) is 11.5 Å². The van der Waals surface area contributed by atoms with Gasteiger partial charge in [-0.1, -0.05) is 32.0 Å².